The molecule has 1 heterocycles. The van der Waals surface area contributed by atoms with Gasteiger partial charge in [0.1, 0.15) is 5.75 Å². The van der Waals surface area contributed by atoms with Crippen LogP contribution in [-0.2, 0) is 4.74 Å². The Labute approximate surface area is 159 Å². The first kappa shape index (κ1) is 19.9. The molecule has 1 fully saturated rings. The van der Waals surface area contributed by atoms with Gasteiger partial charge in [-0.3, -0.25) is 4.90 Å². The second kappa shape index (κ2) is 8.87. The largest absolute Gasteiger partial charge is 0.451 e. The molecular weight excluding hydrogens is 376 g/mol. The van der Waals surface area contributed by atoms with Crippen LogP contribution in [0.5, 0.6) is 11.5 Å². The number of nitrogens with zero attached hydrogens (tertiary/aromatic N) is 2. The topological polar surface area (TPSA) is 45.5 Å². The molecule has 4 nitrogen and oxygen atoms in total. The van der Waals surface area contributed by atoms with Gasteiger partial charge in [-0.1, -0.05) is 12.2 Å². The average molecular weight is 392 g/mol. The fourth-order valence-corrected chi connectivity index (χ4v) is 2.68. The molecule has 0 atom stereocenters. The van der Waals surface area contributed by atoms with Gasteiger partial charge in [-0.2, -0.15) is 14.0 Å². The third kappa shape index (κ3) is 4.32. The fourth-order valence-electron chi connectivity index (χ4n) is 2.68. The second-order valence-corrected chi connectivity index (χ2v) is 6.05. The molecule has 0 spiro atoms. The van der Waals surface area contributed by atoms with E-state index >= 15 is 0 Å². The summed E-state index contributed by atoms with van der Waals surface area (Å²) < 4.78 is 67.4. The van der Waals surface area contributed by atoms with Crippen molar-refractivity contribution in [3.63, 3.8) is 0 Å². The van der Waals surface area contributed by atoms with Gasteiger partial charge in [-0.25, -0.2) is 8.78 Å². The van der Waals surface area contributed by atoms with Crippen molar-refractivity contribution in [3.05, 3.63) is 64.7 Å². The highest BCUT2D eigenvalue weighted by molar-refractivity contribution is 5.54. The average Bonchev–Trinajstić information content (AvgIpc) is 2.73. The van der Waals surface area contributed by atoms with E-state index in [0.717, 1.165) is 6.08 Å². The summed E-state index contributed by atoms with van der Waals surface area (Å²) >= 11 is 0. The lowest BCUT2D eigenvalue weighted by Gasteiger charge is -2.25. The van der Waals surface area contributed by atoms with E-state index in [-0.39, 0.29) is 5.75 Å². The van der Waals surface area contributed by atoms with Crippen LogP contribution >= 0.6 is 0 Å². The van der Waals surface area contributed by atoms with E-state index in [1.165, 1.54) is 30.3 Å². The third-order valence-electron chi connectivity index (χ3n) is 4.21. The Kier molecular flexibility index (Phi) is 6.29. The van der Waals surface area contributed by atoms with Crippen LogP contribution in [0.4, 0.5) is 17.6 Å². The normalized spacial score (nSPS) is 15.0. The smallest absolute Gasteiger partial charge is 0.205 e. The van der Waals surface area contributed by atoms with Gasteiger partial charge >= 0.3 is 0 Å². The highest BCUT2D eigenvalue weighted by Crippen LogP contribution is 2.34. The standard InChI is InChI=1S/C20H16F4N2O2/c21-16-15(2-1-7-26-8-10-27-11-9-26)17(22)19(24)20(18(16)23)28-14-5-3-13(12-25)4-6-14/h1-6H,7-11H2. The van der Waals surface area contributed by atoms with Crippen LogP contribution in [-0.4, -0.2) is 37.7 Å². The number of morpholine rings is 1. The van der Waals surface area contributed by atoms with E-state index in [1.807, 2.05) is 11.0 Å². The molecule has 0 saturated carbocycles. The molecule has 28 heavy (non-hydrogen) atoms. The molecular formula is C20H16F4N2O2. The van der Waals surface area contributed by atoms with Gasteiger partial charge in [0.25, 0.3) is 0 Å². The van der Waals surface area contributed by atoms with Crippen molar-refractivity contribution in [2.45, 2.75) is 0 Å². The maximum atomic E-state index is 14.3. The maximum absolute atomic E-state index is 14.3. The Balaban J connectivity index is 1.82. The minimum atomic E-state index is -1.63. The molecule has 2 aromatic rings. The lowest BCUT2D eigenvalue weighted by atomic mass is 10.1. The summed E-state index contributed by atoms with van der Waals surface area (Å²) in [5.41, 5.74) is -0.512. The highest BCUT2D eigenvalue weighted by atomic mass is 19.2. The molecule has 0 amide bonds. The van der Waals surface area contributed by atoms with Gasteiger partial charge in [-0.15, -0.1) is 0 Å². The van der Waals surface area contributed by atoms with Crippen LogP contribution in [0.25, 0.3) is 6.08 Å². The van der Waals surface area contributed by atoms with E-state index in [9.17, 15) is 17.6 Å². The SMILES string of the molecule is N#Cc1ccc(Oc2c(F)c(F)c(C=CCN3CCOCC3)c(F)c2F)cc1. The number of hydrogen-bond donors (Lipinski definition) is 0. The molecule has 3 rings (SSSR count). The number of nitriles is 1. The van der Waals surface area contributed by atoms with Gasteiger partial charge in [0, 0.05) is 19.6 Å². The molecule has 1 aliphatic rings. The molecule has 0 N–H and O–H groups in total. The first-order valence-corrected chi connectivity index (χ1v) is 8.52. The van der Waals surface area contributed by atoms with Gasteiger partial charge in [0.05, 0.1) is 30.4 Å². The van der Waals surface area contributed by atoms with Crippen LogP contribution in [0.3, 0.4) is 0 Å². The van der Waals surface area contributed by atoms with Crippen molar-refractivity contribution in [2.75, 3.05) is 32.8 Å². The second-order valence-electron chi connectivity index (χ2n) is 6.05. The molecule has 0 bridgehead atoms. The molecule has 0 radical (unpaired) electrons. The predicted octanol–water partition coefficient (Wildman–Crippen LogP) is 4.25. The van der Waals surface area contributed by atoms with Crippen LogP contribution in [0.15, 0.2) is 30.3 Å². The summed E-state index contributed by atoms with van der Waals surface area (Å²) in [4.78, 5) is 1.98. The minimum absolute atomic E-state index is 0.0637. The number of rotatable bonds is 5. The van der Waals surface area contributed by atoms with Gasteiger partial charge in [-0.05, 0) is 24.3 Å². The molecule has 146 valence electrons. The Morgan fingerprint density at radius 2 is 1.61 bits per heavy atom. The minimum Gasteiger partial charge on any atom is -0.451 e. The summed E-state index contributed by atoms with van der Waals surface area (Å²) in [6.45, 7) is 2.81. The molecule has 0 aliphatic carbocycles. The Bertz CT molecular complexity index is 888. The van der Waals surface area contributed by atoms with Crippen LogP contribution in [0.1, 0.15) is 11.1 Å². The fraction of sp³-hybridized carbons (Fsp3) is 0.250. The quantitative estimate of drug-likeness (QED) is 0.564. The van der Waals surface area contributed by atoms with Crippen molar-refractivity contribution in [2.24, 2.45) is 0 Å². The van der Waals surface area contributed by atoms with E-state index in [4.69, 9.17) is 14.7 Å². The molecule has 0 unspecified atom stereocenters. The maximum Gasteiger partial charge on any atom is 0.205 e. The van der Waals surface area contributed by atoms with Crippen LogP contribution < -0.4 is 4.74 Å². The van der Waals surface area contributed by atoms with Crippen molar-refractivity contribution in [1.29, 1.82) is 5.26 Å². The zero-order chi connectivity index (χ0) is 20.1. The third-order valence-corrected chi connectivity index (χ3v) is 4.21. The summed E-state index contributed by atoms with van der Waals surface area (Å²) in [5.74, 6) is -7.58. The highest BCUT2D eigenvalue weighted by Gasteiger charge is 2.26. The molecule has 0 aromatic heterocycles. The number of hydrogen-bond acceptors (Lipinski definition) is 4. The zero-order valence-corrected chi connectivity index (χ0v) is 14.7. The Morgan fingerprint density at radius 1 is 1.00 bits per heavy atom. The van der Waals surface area contributed by atoms with Crippen molar-refractivity contribution in [1.82, 2.24) is 4.90 Å². The van der Waals surface area contributed by atoms with E-state index in [1.54, 1.807) is 0 Å². The lowest BCUT2D eigenvalue weighted by Crippen LogP contribution is -2.36. The number of ether oxygens (including phenoxy) is 2. The number of halogens is 4. The summed E-state index contributed by atoms with van der Waals surface area (Å²) in [5, 5.41) is 8.74. The van der Waals surface area contributed by atoms with Crippen LogP contribution in [0, 0.1) is 34.6 Å². The van der Waals surface area contributed by atoms with Crippen molar-refractivity contribution < 1.29 is 27.0 Å². The zero-order valence-electron chi connectivity index (χ0n) is 14.7. The lowest BCUT2D eigenvalue weighted by molar-refractivity contribution is 0.0435. The molecule has 1 saturated heterocycles. The van der Waals surface area contributed by atoms with Crippen LogP contribution in [0.2, 0.25) is 0 Å². The van der Waals surface area contributed by atoms with Crippen molar-refractivity contribution in [3.8, 4) is 17.6 Å². The first-order chi connectivity index (χ1) is 13.5. The molecule has 8 heteroatoms. The summed E-state index contributed by atoms with van der Waals surface area (Å²) in [7, 11) is 0. The van der Waals surface area contributed by atoms with E-state index in [2.05, 4.69) is 0 Å². The van der Waals surface area contributed by atoms with Gasteiger partial charge < -0.3 is 9.47 Å². The van der Waals surface area contributed by atoms with Gasteiger partial charge in [0.2, 0.25) is 17.4 Å². The monoisotopic (exact) mass is 392 g/mol. The van der Waals surface area contributed by atoms with E-state index in [0.29, 0.717) is 38.4 Å². The summed E-state index contributed by atoms with van der Waals surface area (Å²) in [6.07, 6.45) is 2.45. The molecule has 1 aliphatic heterocycles. The van der Waals surface area contributed by atoms with Gasteiger partial charge in [0.15, 0.2) is 11.6 Å². The summed E-state index contributed by atoms with van der Waals surface area (Å²) in [6, 6.07) is 7.10. The first-order valence-electron chi connectivity index (χ1n) is 8.52. The Morgan fingerprint density at radius 3 is 2.18 bits per heavy atom. The van der Waals surface area contributed by atoms with E-state index < -0.39 is 34.6 Å². The molecule has 2 aromatic carbocycles. The Hall–Kier alpha value is -2.89. The predicted molar refractivity (Wildman–Crippen MR) is 93.8 cm³/mol. The number of benzene rings is 2. The van der Waals surface area contributed by atoms with Crippen molar-refractivity contribution >= 4 is 6.08 Å².